The number of methoxy groups -OCH3 is 1. The SMILES string of the molecule is COC(CNC(=O)Nc1cc(Cl)ccc1C)C(=O)O. The molecule has 1 atom stereocenters. The number of hydrogen-bond acceptors (Lipinski definition) is 3. The summed E-state index contributed by atoms with van der Waals surface area (Å²) in [5, 5.41) is 14.2. The lowest BCUT2D eigenvalue weighted by atomic mass is 10.2. The van der Waals surface area contributed by atoms with Crippen LogP contribution in [-0.2, 0) is 9.53 Å². The second-order valence-corrected chi connectivity index (χ2v) is 4.29. The molecule has 7 heteroatoms. The van der Waals surface area contributed by atoms with Crippen molar-refractivity contribution in [3.8, 4) is 0 Å². The Bertz CT molecular complexity index is 479. The van der Waals surface area contributed by atoms with Gasteiger partial charge in [-0.25, -0.2) is 9.59 Å². The van der Waals surface area contributed by atoms with E-state index in [1.54, 1.807) is 18.2 Å². The van der Waals surface area contributed by atoms with E-state index < -0.39 is 18.1 Å². The standard InChI is InChI=1S/C12H15ClN2O4/c1-7-3-4-8(13)5-9(7)15-12(18)14-6-10(19-2)11(16)17/h3-5,10H,6H2,1-2H3,(H,16,17)(H2,14,15,18). The quantitative estimate of drug-likeness (QED) is 0.771. The van der Waals surface area contributed by atoms with Crippen molar-refractivity contribution in [1.82, 2.24) is 5.32 Å². The molecule has 19 heavy (non-hydrogen) atoms. The van der Waals surface area contributed by atoms with Gasteiger partial charge in [0.2, 0.25) is 0 Å². The minimum absolute atomic E-state index is 0.128. The van der Waals surface area contributed by atoms with Gasteiger partial charge in [-0.05, 0) is 24.6 Å². The van der Waals surface area contributed by atoms with Crippen LogP contribution < -0.4 is 10.6 Å². The zero-order valence-electron chi connectivity index (χ0n) is 10.6. The Balaban J connectivity index is 2.56. The maximum Gasteiger partial charge on any atom is 0.334 e. The van der Waals surface area contributed by atoms with Gasteiger partial charge in [-0.15, -0.1) is 0 Å². The first-order valence-electron chi connectivity index (χ1n) is 5.50. The third kappa shape index (κ3) is 4.76. The maximum atomic E-state index is 11.6. The van der Waals surface area contributed by atoms with E-state index in [4.69, 9.17) is 21.4 Å². The van der Waals surface area contributed by atoms with Crippen LogP contribution in [0.4, 0.5) is 10.5 Å². The number of hydrogen-bond donors (Lipinski definition) is 3. The summed E-state index contributed by atoms with van der Waals surface area (Å²) in [4.78, 5) is 22.3. The van der Waals surface area contributed by atoms with E-state index in [9.17, 15) is 9.59 Å². The largest absolute Gasteiger partial charge is 0.479 e. The first-order chi connectivity index (χ1) is 8.93. The van der Waals surface area contributed by atoms with Crippen LogP contribution in [-0.4, -0.2) is 36.9 Å². The molecule has 0 saturated heterocycles. The fourth-order valence-electron chi connectivity index (χ4n) is 1.35. The fourth-order valence-corrected chi connectivity index (χ4v) is 1.52. The molecule has 0 heterocycles. The number of rotatable bonds is 5. The summed E-state index contributed by atoms with van der Waals surface area (Å²) in [6.45, 7) is 1.69. The van der Waals surface area contributed by atoms with Crippen LogP contribution in [0.15, 0.2) is 18.2 Å². The van der Waals surface area contributed by atoms with Crippen LogP contribution in [0, 0.1) is 6.92 Å². The van der Waals surface area contributed by atoms with E-state index >= 15 is 0 Å². The van der Waals surface area contributed by atoms with Gasteiger partial charge < -0.3 is 20.5 Å². The maximum absolute atomic E-state index is 11.6. The highest BCUT2D eigenvalue weighted by atomic mass is 35.5. The summed E-state index contributed by atoms with van der Waals surface area (Å²) in [5.41, 5.74) is 1.41. The molecular weight excluding hydrogens is 272 g/mol. The van der Waals surface area contributed by atoms with Gasteiger partial charge in [0.15, 0.2) is 6.10 Å². The normalized spacial score (nSPS) is 11.7. The number of benzene rings is 1. The molecule has 0 saturated carbocycles. The molecule has 0 bridgehead atoms. The van der Waals surface area contributed by atoms with Gasteiger partial charge in [-0.2, -0.15) is 0 Å². The van der Waals surface area contributed by atoms with Crippen LogP contribution in [0.1, 0.15) is 5.56 Å². The Morgan fingerprint density at radius 2 is 2.16 bits per heavy atom. The van der Waals surface area contributed by atoms with Gasteiger partial charge in [-0.1, -0.05) is 17.7 Å². The molecule has 3 N–H and O–H groups in total. The van der Waals surface area contributed by atoms with E-state index in [0.717, 1.165) is 5.56 Å². The zero-order valence-corrected chi connectivity index (χ0v) is 11.3. The van der Waals surface area contributed by atoms with Crippen molar-refractivity contribution in [1.29, 1.82) is 0 Å². The van der Waals surface area contributed by atoms with E-state index in [2.05, 4.69) is 10.6 Å². The fraction of sp³-hybridized carbons (Fsp3) is 0.333. The molecule has 2 amide bonds. The number of aliphatic carboxylic acids is 1. The van der Waals surface area contributed by atoms with Crippen molar-refractivity contribution >= 4 is 29.3 Å². The number of nitrogens with one attached hydrogen (secondary N) is 2. The Hall–Kier alpha value is -1.79. The van der Waals surface area contributed by atoms with E-state index in [0.29, 0.717) is 10.7 Å². The first-order valence-corrected chi connectivity index (χ1v) is 5.88. The van der Waals surface area contributed by atoms with Crippen molar-refractivity contribution in [3.63, 3.8) is 0 Å². The highest BCUT2D eigenvalue weighted by Gasteiger charge is 2.17. The van der Waals surface area contributed by atoms with E-state index in [-0.39, 0.29) is 6.54 Å². The number of carbonyl (C=O) groups excluding carboxylic acids is 1. The molecule has 6 nitrogen and oxygen atoms in total. The van der Waals surface area contributed by atoms with Gasteiger partial charge in [0, 0.05) is 17.8 Å². The lowest BCUT2D eigenvalue weighted by Crippen LogP contribution is -2.39. The number of amides is 2. The summed E-state index contributed by atoms with van der Waals surface area (Å²) < 4.78 is 4.69. The van der Waals surface area contributed by atoms with Crippen LogP contribution in [0.5, 0.6) is 0 Å². The van der Waals surface area contributed by atoms with Gasteiger partial charge in [0.25, 0.3) is 0 Å². The van der Waals surface area contributed by atoms with Crippen LogP contribution in [0.2, 0.25) is 5.02 Å². The van der Waals surface area contributed by atoms with Crippen LogP contribution in [0.25, 0.3) is 0 Å². The summed E-state index contributed by atoms with van der Waals surface area (Å²) >= 11 is 5.82. The van der Waals surface area contributed by atoms with E-state index in [1.807, 2.05) is 6.92 Å². The number of anilines is 1. The topological polar surface area (TPSA) is 87.7 Å². The van der Waals surface area contributed by atoms with Crippen molar-refractivity contribution in [2.24, 2.45) is 0 Å². The molecular formula is C12H15ClN2O4. The molecule has 0 aliphatic heterocycles. The highest BCUT2D eigenvalue weighted by molar-refractivity contribution is 6.31. The molecule has 0 aromatic heterocycles. The Morgan fingerprint density at radius 3 is 2.74 bits per heavy atom. The molecule has 1 aromatic carbocycles. The molecule has 1 rings (SSSR count). The summed E-state index contributed by atoms with van der Waals surface area (Å²) in [6, 6.07) is 4.58. The summed E-state index contributed by atoms with van der Waals surface area (Å²) in [5.74, 6) is -1.14. The monoisotopic (exact) mass is 286 g/mol. The van der Waals surface area contributed by atoms with Crippen LogP contribution in [0.3, 0.4) is 0 Å². The van der Waals surface area contributed by atoms with Crippen molar-refractivity contribution in [2.45, 2.75) is 13.0 Å². The number of urea groups is 1. The number of ether oxygens (including phenoxy) is 1. The molecule has 0 radical (unpaired) electrons. The number of carbonyl (C=O) groups is 2. The molecule has 0 aliphatic rings. The molecule has 0 spiro atoms. The molecule has 0 fully saturated rings. The van der Waals surface area contributed by atoms with Crippen molar-refractivity contribution < 1.29 is 19.4 Å². The average Bonchev–Trinajstić information content (AvgIpc) is 2.34. The number of aryl methyl sites for hydroxylation is 1. The van der Waals surface area contributed by atoms with Crippen molar-refractivity contribution in [2.75, 3.05) is 19.0 Å². The highest BCUT2D eigenvalue weighted by Crippen LogP contribution is 2.19. The first kappa shape index (κ1) is 15.3. The number of halogens is 1. The molecule has 104 valence electrons. The molecule has 0 aliphatic carbocycles. The predicted molar refractivity (Wildman–Crippen MR) is 71.6 cm³/mol. The Labute approximate surface area is 115 Å². The smallest absolute Gasteiger partial charge is 0.334 e. The number of carboxylic acids is 1. The van der Waals surface area contributed by atoms with Gasteiger partial charge in [-0.3, -0.25) is 0 Å². The van der Waals surface area contributed by atoms with Crippen molar-refractivity contribution in [3.05, 3.63) is 28.8 Å². The molecule has 1 unspecified atom stereocenters. The Morgan fingerprint density at radius 1 is 1.47 bits per heavy atom. The molecule has 1 aromatic rings. The lowest BCUT2D eigenvalue weighted by Gasteiger charge is -2.13. The Kier molecular flexibility index (Phi) is 5.59. The lowest BCUT2D eigenvalue weighted by molar-refractivity contribution is -0.147. The summed E-state index contributed by atoms with van der Waals surface area (Å²) in [7, 11) is 1.26. The average molecular weight is 287 g/mol. The zero-order chi connectivity index (χ0) is 14.4. The minimum Gasteiger partial charge on any atom is -0.479 e. The van der Waals surface area contributed by atoms with Gasteiger partial charge in [0.05, 0.1) is 6.54 Å². The van der Waals surface area contributed by atoms with Gasteiger partial charge >= 0.3 is 12.0 Å². The van der Waals surface area contributed by atoms with E-state index in [1.165, 1.54) is 7.11 Å². The predicted octanol–water partition coefficient (Wildman–Crippen LogP) is 1.87. The van der Waals surface area contributed by atoms with Gasteiger partial charge in [0.1, 0.15) is 0 Å². The third-order valence-corrected chi connectivity index (χ3v) is 2.69. The van der Waals surface area contributed by atoms with Crippen LogP contribution >= 0.6 is 11.6 Å². The minimum atomic E-state index is -1.14. The second kappa shape index (κ2) is 6.96. The number of carboxylic acid groups (broad SMARTS) is 1. The second-order valence-electron chi connectivity index (χ2n) is 3.86. The third-order valence-electron chi connectivity index (χ3n) is 2.46. The summed E-state index contributed by atoms with van der Waals surface area (Å²) in [6.07, 6.45) is -1.08.